The van der Waals surface area contributed by atoms with Crippen molar-refractivity contribution in [3.05, 3.63) is 70.4 Å². The van der Waals surface area contributed by atoms with Crippen molar-refractivity contribution in [1.29, 1.82) is 0 Å². The fourth-order valence-electron chi connectivity index (χ4n) is 3.09. The highest BCUT2D eigenvalue weighted by atomic mass is 32.1. The van der Waals surface area contributed by atoms with Crippen molar-refractivity contribution in [3.8, 4) is 0 Å². The highest BCUT2D eigenvalue weighted by Crippen LogP contribution is 2.25. The van der Waals surface area contributed by atoms with E-state index in [2.05, 4.69) is 12.2 Å². The second-order valence-electron chi connectivity index (χ2n) is 6.22. The van der Waals surface area contributed by atoms with E-state index in [1.54, 1.807) is 0 Å². The molecule has 0 aliphatic heterocycles. The van der Waals surface area contributed by atoms with Crippen molar-refractivity contribution in [3.63, 3.8) is 0 Å². The van der Waals surface area contributed by atoms with Crippen LogP contribution >= 0.6 is 11.3 Å². The first-order valence-corrected chi connectivity index (χ1v) is 9.31. The van der Waals surface area contributed by atoms with Gasteiger partial charge in [0.25, 0.3) is 0 Å². The van der Waals surface area contributed by atoms with Gasteiger partial charge < -0.3 is 10.0 Å². The lowest BCUT2D eigenvalue weighted by Gasteiger charge is -2.29. The number of carbonyl (C=O) groups is 1. The van der Waals surface area contributed by atoms with E-state index >= 15 is 0 Å². The molecule has 24 heavy (non-hydrogen) atoms. The van der Waals surface area contributed by atoms with Crippen LogP contribution in [0.5, 0.6) is 0 Å². The van der Waals surface area contributed by atoms with Crippen LogP contribution in [0.2, 0.25) is 0 Å². The van der Waals surface area contributed by atoms with Crippen LogP contribution in [0.4, 0.5) is 0 Å². The van der Waals surface area contributed by atoms with E-state index < -0.39 is 6.10 Å². The standard InChI is InChI=1S/C20H23NO2S/c22-18(19-12-7-13-24-19)15-21(14-16-8-3-1-4-9-16)20(23)17-10-5-2-6-11-17/h1-5,7-9,12-13,17-18,22H,6,10-11,14-15H2. The molecule has 1 heterocycles. The fourth-order valence-corrected chi connectivity index (χ4v) is 3.79. The Kier molecular flexibility index (Phi) is 5.83. The van der Waals surface area contributed by atoms with E-state index in [1.165, 1.54) is 11.3 Å². The highest BCUT2D eigenvalue weighted by Gasteiger charge is 2.26. The number of allylic oxidation sites excluding steroid dienone is 2. The number of hydrogen-bond donors (Lipinski definition) is 1. The molecule has 0 spiro atoms. The van der Waals surface area contributed by atoms with Gasteiger partial charge in [0.05, 0.1) is 6.54 Å². The van der Waals surface area contributed by atoms with E-state index in [0.29, 0.717) is 13.1 Å². The van der Waals surface area contributed by atoms with Gasteiger partial charge in [-0.2, -0.15) is 0 Å². The molecule has 3 rings (SSSR count). The number of rotatable bonds is 6. The number of hydrogen-bond acceptors (Lipinski definition) is 3. The zero-order chi connectivity index (χ0) is 16.8. The summed E-state index contributed by atoms with van der Waals surface area (Å²) >= 11 is 1.53. The Morgan fingerprint density at radius 3 is 2.71 bits per heavy atom. The van der Waals surface area contributed by atoms with E-state index in [-0.39, 0.29) is 11.8 Å². The Bertz CT molecular complexity index is 666. The molecular weight excluding hydrogens is 318 g/mol. The van der Waals surface area contributed by atoms with Gasteiger partial charge in [-0.15, -0.1) is 11.3 Å². The van der Waals surface area contributed by atoms with Crippen molar-refractivity contribution in [2.45, 2.75) is 31.9 Å². The number of benzene rings is 1. The van der Waals surface area contributed by atoms with Crippen molar-refractivity contribution in [1.82, 2.24) is 4.90 Å². The molecule has 1 aliphatic carbocycles. The van der Waals surface area contributed by atoms with Crippen LogP contribution in [0.1, 0.15) is 35.8 Å². The number of thiophene rings is 1. The van der Waals surface area contributed by atoms with E-state index in [4.69, 9.17) is 0 Å². The van der Waals surface area contributed by atoms with Gasteiger partial charge in [-0.3, -0.25) is 4.79 Å². The van der Waals surface area contributed by atoms with Crippen molar-refractivity contribution < 1.29 is 9.90 Å². The number of amides is 1. The third-order valence-electron chi connectivity index (χ3n) is 4.41. The highest BCUT2D eigenvalue weighted by molar-refractivity contribution is 7.10. The molecule has 2 unspecified atom stereocenters. The normalized spacial score (nSPS) is 18.3. The topological polar surface area (TPSA) is 40.5 Å². The molecule has 0 saturated carbocycles. The van der Waals surface area contributed by atoms with Gasteiger partial charge in [0.2, 0.25) is 5.91 Å². The summed E-state index contributed by atoms with van der Waals surface area (Å²) in [5.74, 6) is 0.188. The van der Waals surface area contributed by atoms with Crippen LogP contribution in [0, 0.1) is 5.92 Å². The Balaban J connectivity index is 1.74. The summed E-state index contributed by atoms with van der Waals surface area (Å²) in [6.07, 6.45) is 6.28. The molecule has 0 bridgehead atoms. The maximum atomic E-state index is 13.0. The van der Waals surface area contributed by atoms with Gasteiger partial charge in [-0.1, -0.05) is 48.6 Å². The van der Waals surface area contributed by atoms with Gasteiger partial charge >= 0.3 is 0 Å². The number of carbonyl (C=O) groups excluding carboxylic acids is 1. The Morgan fingerprint density at radius 2 is 2.04 bits per heavy atom. The van der Waals surface area contributed by atoms with Gasteiger partial charge in [0.1, 0.15) is 6.10 Å². The van der Waals surface area contributed by atoms with Crippen molar-refractivity contribution in [2.24, 2.45) is 5.92 Å². The lowest BCUT2D eigenvalue weighted by atomic mass is 9.93. The van der Waals surface area contributed by atoms with Crippen LogP contribution in [0.25, 0.3) is 0 Å². The van der Waals surface area contributed by atoms with Gasteiger partial charge in [-0.25, -0.2) is 0 Å². The largest absolute Gasteiger partial charge is 0.386 e. The molecule has 0 saturated heterocycles. The second kappa shape index (κ2) is 8.27. The molecule has 4 heteroatoms. The Morgan fingerprint density at radius 1 is 1.21 bits per heavy atom. The number of nitrogens with zero attached hydrogens (tertiary/aromatic N) is 1. The number of aliphatic hydroxyl groups excluding tert-OH is 1. The summed E-state index contributed by atoms with van der Waals surface area (Å²) in [6, 6.07) is 13.8. The predicted molar refractivity (Wildman–Crippen MR) is 97.6 cm³/mol. The molecule has 1 aromatic carbocycles. The van der Waals surface area contributed by atoms with Crippen molar-refractivity contribution >= 4 is 17.2 Å². The molecule has 1 aromatic heterocycles. The Labute approximate surface area is 147 Å². The SMILES string of the molecule is O=C(C1CC=CCC1)N(Cc1ccccc1)CC(O)c1cccs1. The molecule has 1 amide bonds. The average molecular weight is 341 g/mol. The third-order valence-corrected chi connectivity index (χ3v) is 5.38. The zero-order valence-electron chi connectivity index (χ0n) is 13.7. The molecule has 1 aliphatic rings. The van der Waals surface area contributed by atoms with Crippen LogP contribution in [0.3, 0.4) is 0 Å². The third kappa shape index (κ3) is 4.34. The summed E-state index contributed by atoms with van der Waals surface area (Å²) in [7, 11) is 0. The van der Waals surface area contributed by atoms with E-state index in [1.807, 2.05) is 52.7 Å². The van der Waals surface area contributed by atoms with Gasteiger partial charge in [-0.05, 0) is 36.3 Å². The monoisotopic (exact) mass is 341 g/mol. The summed E-state index contributed by atoms with van der Waals surface area (Å²) < 4.78 is 0. The smallest absolute Gasteiger partial charge is 0.226 e. The summed E-state index contributed by atoms with van der Waals surface area (Å²) in [5, 5.41) is 12.5. The molecule has 3 nitrogen and oxygen atoms in total. The minimum Gasteiger partial charge on any atom is -0.386 e. The lowest BCUT2D eigenvalue weighted by molar-refractivity contribution is -0.138. The van der Waals surface area contributed by atoms with E-state index in [9.17, 15) is 9.90 Å². The second-order valence-corrected chi connectivity index (χ2v) is 7.20. The predicted octanol–water partition coefficient (Wildman–Crippen LogP) is 4.17. The lowest BCUT2D eigenvalue weighted by Crippen LogP contribution is -2.38. The fraction of sp³-hybridized carbons (Fsp3) is 0.350. The van der Waals surface area contributed by atoms with Gasteiger partial charge in [0, 0.05) is 17.3 Å². The van der Waals surface area contributed by atoms with Crippen LogP contribution in [0.15, 0.2) is 60.0 Å². The number of aliphatic hydroxyl groups is 1. The summed E-state index contributed by atoms with van der Waals surface area (Å²) in [6.45, 7) is 0.886. The van der Waals surface area contributed by atoms with Crippen LogP contribution in [-0.2, 0) is 11.3 Å². The molecule has 0 fully saturated rings. The molecule has 2 aromatic rings. The molecular formula is C20H23NO2S. The quantitative estimate of drug-likeness (QED) is 0.801. The first-order valence-electron chi connectivity index (χ1n) is 8.43. The average Bonchev–Trinajstić information content (AvgIpc) is 3.17. The summed E-state index contributed by atoms with van der Waals surface area (Å²) in [5.41, 5.74) is 1.09. The molecule has 1 N–H and O–H groups in total. The summed E-state index contributed by atoms with van der Waals surface area (Å²) in [4.78, 5) is 15.7. The van der Waals surface area contributed by atoms with E-state index in [0.717, 1.165) is 29.7 Å². The first-order chi connectivity index (χ1) is 11.7. The minimum absolute atomic E-state index is 0.0363. The zero-order valence-corrected chi connectivity index (χ0v) is 14.5. The molecule has 0 radical (unpaired) electrons. The maximum Gasteiger partial charge on any atom is 0.226 e. The van der Waals surface area contributed by atoms with Crippen molar-refractivity contribution in [2.75, 3.05) is 6.54 Å². The molecule has 126 valence electrons. The minimum atomic E-state index is -0.628. The van der Waals surface area contributed by atoms with Crippen LogP contribution in [-0.4, -0.2) is 22.5 Å². The van der Waals surface area contributed by atoms with Gasteiger partial charge in [0.15, 0.2) is 0 Å². The Hall–Kier alpha value is -1.91. The maximum absolute atomic E-state index is 13.0. The molecule has 2 atom stereocenters. The first kappa shape index (κ1) is 16.9. The van der Waals surface area contributed by atoms with Crippen LogP contribution < -0.4 is 0 Å².